The van der Waals surface area contributed by atoms with E-state index in [0.29, 0.717) is 22.6 Å². The monoisotopic (exact) mass is 893 g/mol. The number of rotatable bonds is 12. The number of ether oxygens (including phenoxy) is 1. The minimum Gasteiger partial charge on any atom is -0.478 e. The largest absolute Gasteiger partial charge is 0.478 e. The van der Waals surface area contributed by atoms with E-state index in [9.17, 15) is 45.1 Å². The molecule has 4 N–H and O–H groups in total. The van der Waals surface area contributed by atoms with Gasteiger partial charge in [-0.15, -0.1) is 0 Å². The Balaban J connectivity index is 0.000000248. The van der Waals surface area contributed by atoms with Crippen molar-refractivity contribution in [2.75, 3.05) is 23.4 Å². The minimum absolute atomic E-state index is 0.00118. The molecule has 5 heterocycles. The van der Waals surface area contributed by atoms with Crippen LogP contribution >= 0.6 is 11.8 Å². The maximum atomic E-state index is 13.1. The molecule has 0 aliphatic carbocycles. The topological polar surface area (TPSA) is 237 Å². The number of nitrogens with one attached hydrogen (secondary N) is 3. The van der Waals surface area contributed by atoms with Crippen molar-refractivity contribution in [2.45, 2.75) is 110 Å². The first-order valence-corrected chi connectivity index (χ1v) is 21.0. The molecule has 0 radical (unpaired) electrons. The van der Waals surface area contributed by atoms with Gasteiger partial charge in [-0.2, -0.15) is 42.0 Å². The molecule has 1 amide bonds. The zero-order chi connectivity index (χ0) is 45.5. The molecule has 25 heteroatoms. The van der Waals surface area contributed by atoms with E-state index in [1.807, 2.05) is 27.0 Å². The number of sulfone groups is 1. The third kappa shape index (κ3) is 12.7. The maximum Gasteiger partial charge on any atom is 0.435 e. The van der Waals surface area contributed by atoms with Crippen LogP contribution in [0.4, 0.5) is 33.8 Å². The van der Waals surface area contributed by atoms with Gasteiger partial charge in [0.1, 0.15) is 16.8 Å². The molecule has 0 fully saturated rings. The number of hydrogen-bond donors (Lipinski definition) is 4. The number of amides is 1. The van der Waals surface area contributed by atoms with Crippen LogP contribution in [0.2, 0.25) is 0 Å². The first kappa shape index (κ1) is 49.2. The SMILES string of the molecule is CCNc1nc(NC(C)C)nc(SC)n1.Cc1cnc(C2=NC(C)(C(C)C)C(=O)N2)c(C(=O)O)c1.Cn1nc(C(F)(F)F)c(CS(=O)(=O)C2=NOC(C)(C)C2)c1OC(F)F. The fraction of sp³-hybridized carbons (Fsp3) is 0.571. The number of nitrogens with zero attached hydrogens (tertiary/aromatic N) is 8. The molecule has 5 rings (SSSR count). The fourth-order valence-corrected chi connectivity index (χ4v) is 7.04. The number of aliphatic imine (C=N–C) groups is 1. The van der Waals surface area contributed by atoms with Crippen molar-refractivity contribution in [1.29, 1.82) is 0 Å². The van der Waals surface area contributed by atoms with E-state index in [0.717, 1.165) is 24.3 Å². The Morgan fingerprint density at radius 2 is 1.77 bits per heavy atom. The highest BCUT2D eigenvalue weighted by Gasteiger charge is 2.44. The Morgan fingerprint density at radius 1 is 1.13 bits per heavy atom. The van der Waals surface area contributed by atoms with Gasteiger partial charge >= 0.3 is 18.8 Å². The van der Waals surface area contributed by atoms with E-state index in [4.69, 9.17) is 4.84 Å². The van der Waals surface area contributed by atoms with Gasteiger partial charge in [-0.3, -0.25) is 9.78 Å². The van der Waals surface area contributed by atoms with Gasteiger partial charge in [-0.1, -0.05) is 30.8 Å². The van der Waals surface area contributed by atoms with Crippen molar-refractivity contribution in [1.82, 2.24) is 35.0 Å². The van der Waals surface area contributed by atoms with Gasteiger partial charge in [0, 0.05) is 32.3 Å². The number of hydrogen-bond acceptors (Lipinski definition) is 16. The van der Waals surface area contributed by atoms with Crippen molar-refractivity contribution in [2.24, 2.45) is 23.1 Å². The van der Waals surface area contributed by atoms with Gasteiger partial charge < -0.3 is 30.6 Å². The molecule has 0 aromatic carbocycles. The summed E-state index contributed by atoms with van der Waals surface area (Å²) in [4.78, 5) is 49.5. The Morgan fingerprint density at radius 3 is 2.25 bits per heavy atom. The number of halogens is 5. The summed E-state index contributed by atoms with van der Waals surface area (Å²) in [6.45, 7) is 13.8. The van der Waals surface area contributed by atoms with E-state index in [-0.39, 0.29) is 35.3 Å². The quantitative estimate of drug-likeness (QED) is 0.126. The number of pyridine rings is 1. The van der Waals surface area contributed by atoms with Crippen LogP contribution in [0.5, 0.6) is 5.88 Å². The number of aromatic carboxylic acids is 1. The molecule has 60 heavy (non-hydrogen) atoms. The van der Waals surface area contributed by atoms with E-state index in [1.54, 1.807) is 20.0 Å². The van der Waals surface area contributed by atoms with Crippen LogP contribution in [0.3, 0.4) is 0 Å². The van der Waals surface area contributed by atoms with Crippen LogP contribution in [0.15, 0.2) is 27.6 Å². The Hall–Kier alpha value is -5.20. The molecule has 3 aromatic rings. The second-order valence-corrected chi connectivity index (χ2v) is 17.4. The lowest BCUT2D eigenvalue weighted by Crippen LogP contribution is -2.41. The summed E-state index contributed by atoms with van der Waals surface area (Å²) >= 11 is 1.51. The molecular weight excluding hydrogens is 846 g/mol. The summed E-state index contributed by atoms with van der Waals surface area (Å²) in [7, 11) is -3.43. The number of amidine groups is 1. The van der Waals surface area contributed by atoms with Crippen LogP contribution < -0.4 is 20.7 Å². The number of alkyl halides is 5. The molecule has 2 aliphatic rings. The van der Waals surface area contributed by atoms with Gasteiger partial charge in [0.15, 0.2) is 31.6 Å². The highest BCUT2D eigenvalue weighted by Crippen LogP contribution is 2.38. The maximum absolute atomic E-state index is 13.1. The van der Waals surface area contributed by atoms with Crippen LogP contribution in [0.1, 0.15) is 94.7 Å². The number of carbonyl (C=O) groups is 2. The predicted molar refractivity (Wildman–Crippen MR) is 213 cm³/mol. The molecule has 332 valence electrons. The number of carboxylic acids is 1. The minimum atomic E-state index is -5.06. The normalized spacial score (nSPS) is 17.2. The zero-order valence-corrected chi connectivity index (χ0v) is 36.3. The first-order valence-electron chi connectivity index (χ1n) is 18.1. The third-order valence-corrected chi connectivity index (χ3v) is 10.6. The zero-order valence-electron chi connectivity index (χ0n) is 34.7. The Bertz CT molecular complexity index is 2220. The molecule has 3 aromatic heterocycles. The fourth-order valence-electron chi connectivity index (χ4n) is 5.16. The molecule has 0 spiro atoms. The van der Waals surface area contributed by atoms with Gasteiger partial charge in [0.25, 0.3) is 5.91 Å². The smallest absolute Gasteiger partial charge is 0.435 e. The standard InChI is InChI=1S/C14H17N3O3.C12H14F5N3O4S.C9H17N5S/c1-7(2)14(4)13(20)16-11(17-14)10-9(12(18)19)5-8(3)6-15-10;1-11(2)4-7(19-24-11)25(21,22)5-6-8(12(15,16)17)18-20(3)9(6)23-10(13)14;1-5-10-7-12-8(11-6(2)3)14-9(13-7)15-4/h5-7H,1-4H3,(H,18,19)(H,16,17,20);10H,4-5H2,1-3H3;6H,5H2,1-4H3,(H2,10,11,12,13,14). The van der Waals surface area contributed by atoms with Gasteiger partial charge in [0.05, 0.1) is 16.9 Å². The summed E-state index contributed by atoms with van der Waals surface area (Å²) in [5.74, 6) is -2.09. The highest BCUT2D eigenvalue weighted by molar-refractivity contribution is 8.05. The molecule has 0 saturated carbocycles. The molecule has 1 atom stereocenters. The molecule has 0 saturated heterocycles. The lowest BCUT2D eigenvalue weighted by Gasteiger charge is -2.21. The predicted octanol–water partition coefficient (Wildman–Crippen LogP) is 5.69. The second kappa shape index (κ2) is 19.5. The van der Waals surface area contributed by atoms with Gasteiger partial charge in [-0.25, -0.2) is 22.9 Å². The van der Waals surface area contributed by atoms with Crippen LogP contribution in [0.25, 0.3) is 0 Å². The number of carboxylic acid groups (broad SMARTS) is 1. The number of oxime groups is 1. The molecule has 0 bridgehead atoms. The van der Waals surface area contributed by atoms with Crippen molar-refractivity contribution >= 4 is 56.3 Å². The van der Waals surface area contributed by atoms with E-state index < -0.39 is 67.7 Å². The lowest BCUT2D eigenvalue weighted by molar-refractivity contribution is -0.142. The molecule has 18 nitrogen and oxygen atoms in total. The summed E-state index contributed by atoms with van der Waals surface area (Å²) in [6, 6.07) is 1.83. The van der Waals surface area contributed by atoms with Crippen LogP contribution in [-0.2, 0) is 38.4 Å². The second-order valence-electron chi connectivity index (χ2n) is 14.6. The average Bonchev–Trinajstić information content (AvgIpc) is 3.76. The third-order valence-electron chi connectivity index (χ3n) is 8.41. The summed E-state index contributed by atoms with van der Waals surface area (Å²) in [5, 5.41) is 24.8. The van der Waals surface area contributed by atoms with Crippen molar-refractivity contribution in [3.8, 4) is 5.88 Å². The summed E-state index contributed by atoms with van der Waals surface area (Å²) < 4.78 is 93.4. The molecule has 1 unspecified atom stereocenters. The van der Waals surface area contributed by atoms with E-state index >= 15 is 0 Å². The lowest BCUT2D eigenvalue weighted by atomic mass is 9.89. The van der Waals surface area contributed by atoms with E-state index in [2.05, 4.69) is 69.7 Å². The van der Waals surface area contributed by atoms with Crippen molar-refractivity contribution in [3.05, 3.63) is 40.3 Å². The van der Waals surface area contributed by atoms with Crippen LogP contribution in [0, 0.1) is 12.8 Å². The number of thioether (sulfide) groups is 1. The first-order chi connectivity index (χ1) is 27.6. The number of aromatic nitrogens is 6. The Kier molecular flexibility index (Phi) is 15.9. The number of carbonyl (C=O) groups excluding carboxylic acids is 1. The van der Waals surface area contributed by atoms with Crippen molar-refractivity contribution in [3.63, 3.8) is 0 Å². The van der Waals surface area contributed by atoms with Gasteiger partial charge in [-0.05, 0) is 72.3 Å². The Labute approximate surface area is 347 Å². The summed E-state index contributed by atoms with van der Waals surface area (Å²) in [6.07, 6.45) is -1.71. The molecule has 2 aliphatic heterocycles. The summed E-state index contributed by atoms with van der Waals surface area (Å²) in [5.41, 5.74) is -3.49. The molecular formula is C35H48F5N11O7S2. The highest BCUT2D eigenvalue weighted by atomic mass is 32.2. The number of anilines is 2. The average molecular weight is 894 g/mol. The van der Waals surface area contributed by atoms with Crippen LogP contribution in [-0.4, -0.2) is 103 Å². The van der Waals surface area contributed by atoms with Crippen molar-refractivity contribution < 1.29 is 54.6 Å². The van der Waals surface area contributed by atoms with Gasteiger partial charge in [0.2, 0.25) is 17.8 Å². The van der Waals surface area contributed by atoms with E-state index in [1.165, 1.54) is 31.7 Å². The number of aryl methyl sites for hydroxylation is 2.